The van der Waals surface area contributed by atoms with Crippen molar-refractivity contribution < 1.29 is 4.79 Å². The zero-order valence-electron chi connectivity index (χ0n) is 14.4. The van der Waals surface area contributed by atoms with Crippen LogP contribution in [0.25, 0.3) is 11.4 Å². The number of thioether (sulfide) groups is 1. The molecule has 0 aliphatic carbocycles. The summed E-state index contributed by atoms with van der Waals surface area (Å²) in [5.74, 6) is 6.83. The summed E-state index contributed by atoms with van der Waals surface area (Å²) in [5, 5.41) is 9.22. The Bertz CT molecular complexity index is 945. The number of hydrogen-bond acceptors (Lipinski definition) is 6. The second-order valence-electron chi connectivity index (χ2n) is 5.56. The van der Waals surface area contributed by atoms with E-state index >= 15 is 0 Å². The van der Waals surface area contributed by atoms with Crippen molar-refractivity contribution in [1.82, 2.24) is 19.8 Å². The fraction of sp³-hybridized carbons (Fsp3) is 0.235. The predicted molar refractivity (Wildman–Crippen MR) is 114 cm³/mol. The molecule has 0 fully saturated rings. The van der Waals surface area contributed by atoms with E-state index in [-0.39, 0.29) is 11.7 Å². The van der Waals surface area contributed by atoms with Crippen LogP contribution in [0.4, 0.5) is 0 Å². The summed E-state index contributed by atoms with van der Waals surface area (Å²) in [6, 6.07) is 11.3. The van der Waals surface area contributed by atoms with Gasteiger partial charge in [0.15, 0.2) is 5.82 Å². The Labute approximate surface area is 178 Å². The van der Waals surface area contributed by atoms with E-state index in [1.807, 2.05) is 37.3 Å². The van der Waals surface area contributed by atoms with Gasteiger partial charge >= 0.3 is 0 Å². The second kappa shape index (κ2) is 9.09. The van der Waals surface area contributed by atoms with Crippen molar-refractivity contribution >= 4 is 56.5 Å². The van der Waals surface area contributed by atoms with E-state index in [1.54, 1.807) is 22.3 Å². The molecule has 0 saturated heterocycles. The lowest BCUT2D eigenvalue weighted by molar-refractivity contribution is -0.128. The summed E-state index contributed by atoms with van der Waals surface area (Å²) < 4.78 is 2.42. The van der Waals surface area contributed by atoms with Gasteiger partial charge in [-0.2, -0.15) is 0 Å². The molecule has 0 unspecified atom stereocenters. The predicted octanol–water partition coefficient (Wildman–Crippen LogP) is 4.28. The summed E-state index contributed by atoms with van der Waals surface area (Å²) in [5.41, 5.74) is 0.700. The van der Waals surface area contributed by atoms with Crippen LogP contribution in [0.15, 0.2) is 45.3 Å². The van der Waals surface area contributed by atoms with Crippen LogP contribution in [-0.4, -0.2) is 38.0 Å². The highest BCUT2D eigenvalue weighted by atomic mass is 79.9. The van der Waals surface area contributed by atoms with E-state index in [1.165, 1.54) is 16.4 Å². The van der Waals surface area contributed by atoms with Crippen LogP contribution in [0.3, 0.4) is 0 Å². The molecule has 1 aromatic carbocycles. The van der Waals surface area contributed by atoms with Gasteiger partial charge in [-0.05, 0) is 47.1 Å². The van der Waals surface area contributed by atoms with Crippen LogP contribution in [0, 0.1) is 0 Å². The minimum absolute atomic E-state index is 0.0225. The molecule has 0 bridgehead atoms. The molecule has 2 N–H and O–H groups in total. The van der Waals surface area contributed by atoms with Gasteiger partial charge < -0.3 is 10.7 Å². The molecule has 3 aromatic rings. The maximum absolute atomic E-state index is 12.6. The third-order valence-corrected chi connectivity index (χ3v) is 6.68. The first-order chi connectivity index (χ1) is 13.0. The molecule has 0 aliphatic rings. The number of nitrogens with two attached hydrogens (primary N) is 1. The van der Waals surface area contributed by atoms with Crippen molar-refractivity contribution in [2.45, 2.75) is 18.6 Å². The van der Waals surface area contributed by atoms with E-state index < -0.39 is 0 Å². The SMILES string of the molecule is CCN(Cc1ccc(Br)s1)C(=O)CSc1nnc(-c2ccccc2Cl)n1N. The van der Waals surface area contributed by atoms with Crippen LogP contribution in [-0.2, 0) is 11.3 Å². The molecule has 1 amide bonds. The topological polar surface area (TPSA) is 77.0 Å². The normalized spacial score (nSPS) is 10.9. The Morgan fingerprint density at radius 3 is 2.78 bits per heavy atom. The first kappa shape index (κ1) is 20.2. The molecular formula is C17H17BrClN5OS2. The highest BCUT2D eigenvalue weighted by Gasteiger charge is 2.18. The van der Waals surface area contributed by atoms with Crippen molar-refractivity contribution in [1.29, 1.82) is 0 Å². The van der Waals surface area contributed by atoms with Gasteiger partial charge in [0.25, 0.3) is 0 Å². The lowest BCUT2D eigenvalue weighted by Crippen LogP contribution is -2.31. The van der Waals surface area contributed by atoms with E-state index in [2.05, 4.69) is 26.1 Å². The minimum Gasteiger partial charge on any atom is -0.337 e. The first-order valence-electron chi connectivity index (χ1n) is 8.09. The van der Waals surface area contributed by atoms with Crippen molar-refractivity contribution in [2.75, 3.05) is 18.1 Å². The average Bonchev–Trinajstić information content (AvgIpc) is 3.23. The smallest absolute Gasteiger partial charge is 0.233 e. The zero-order valence-corrected chi connectivity index (χ0v) is 18.4. The molecule has 27 heavy (non-hydrogen) atoms. The Morgan fingerprint density at radius 2 is 2.11 bits per heavy atom. The summed E-state index contributed by atoms with van der Waals surface area (Å²) in [4.78, 5) is 15.5. The number of carbonyl (C=O) groups excluding carboxylic acids is 1. The molecule has 2 aromatic heterocycles. The fourth-order valence-corrected chi connectivity index (χ4v) is 4.90. The molecule has 3 rings (SSSR count). The van der Waals surface area contributed by atoms with Gasteiger partial charge in [0.1, 0.15) is 0 Å². The number of aromatic nitrogens is 3. The Hall–Kier alpha value is -1.55. The zero-order chi connectivity index (χ0) is 19.4. The summed E-state index contributed by atoms with van der Waals surface area (Å²) in [6.45, 7) is 3.19. The molecule has 0 radical (unpaired) electrons. The molecular weight excluding hydrogens is 470 g/mol. The van der Waals surface area contributed by atoms with Crippen LogP contribution >= 0.6 is 50.6 Å². The average molecular weight is 487 g/mol. The molecule has 142 valence electrons. The lowest BCUT2D eigenvalue weighted by atomic mass is 10.2. The second-order valence-corrected chi connectivity index (χ2v) is 9.46. The maximum Gasteiger partial charge on any atom is 0.233 e. The van der Waals surface area contributed by atoms with Crippen molar-refractivity contribution in [3.05, 3.63) is 50.1 Å². The van der Waals surface area contributed by atoms with E-state index in [0.29, 0.717) is 34.7 Å². The maximum atomic E-state index is 12.6. The Kier molecular flexibility index (Phi) is 6.80. The van der Waals surface area contributed by atoms with Crippen molar-refractivity contribution in [3.8, 4) is 11.4 Å². The third-order valence-electron chi connectivity index (χ3n) is 3.81. The lowest BCUT2D eigenvalue weighted by Gasteiger charge is -2.19. The molecule has 2 heterocycles. The summed E-state index contributed by atoms with van der Waals surface area (Å²) >= 11 is 12.5. The summed E-state index contributed by atoms with van der Waals surface area (Å²) in [7, 11) is 0. The van der Waals surface area contributed by atoms with Crippen LogP contribution in [0.5, 0.6) is 0 Å². The third kappa shape index (κ3) is 4.84. The van der Waals surface area contributed by atoms with Crippen molar-refractivity contribution in [3.63, 3.8) is 0 Å². The van der Waals surface area contributed by atoms with Crippen molar-refractivity contribution in [2.24, 2.45) is 0 Å². The van der Waals surface area contributed by atoms with Gasteiger partial charge in [0, 0.05) is 17.0 Å². The number of thiophene rings is 1. The standard InChI is InChI=1S/C17H17BrClN5OS2/c1-2-23(9-11-7-8-14(18)27-11)15(25)10-26-17-22-21-16(24(17)20)12-5-3-4-6-13(12)19/h3-8H,2,9-10,20H2,1H3. The molecule has 0 spiro atoms. The Morgan fingerprint density at radius 1 is 1.33 bits per heavy atom. The first-order valence-corrected chi connectivity index (χ1v) is 11.1. The highest BCUT2D eigenvalue weighted by Crippen LogP contribution is 2.28. The van der Waals surface area contributed by atoms with E-state index in [4.69, 9.17) is 17.4 Å². The monoisotopic (exact) mass is 485 g/mol. The van der Waals surface area contributed by atoms with Gasteiger partial charge in [-0.15, -0.1) is 21.5 Å². The van der Waals surface area contributed by atoms with Crippen LogP contribution < -0.4 is 5.84 Å². The number of nitrogen functional groups attached to an aromatic ring is 1. The van der Waals surface area contributed by atoms with E-state index in [0.717, 1.165) is 8.66 Å². The van der Waals surface area contributed by atoms with Gasteiger partial charge in [-0.1, -0.05) is 35.5 Å². The van der Waals surface area contributed by atoms with Gasteiger partial charge in [-0.3, -0.25) is 4.79 Å². The van der Waals surface area contributed by atoms with E-state index in [9.17, 15) is 4.79 Å². The van der Waals surface area contributed by atoms with Gasteiger partial charge in [0.05, 0.1) is 21.1 Å². The fourth-order valence-electron chi connectivity index (χ4n) is 2.42. The molecule has 0 aliphatic heterocycles. The largest absolute Gasteiger partial charge is 0.337 e. The number of hydrogen-bond donors (Lipinski definition) is 1. The van der Waals surface area contributed by atoms with Crippen LogP contribution in [0.1, 0.15) is 11.8 Å². The number of halogens is 2. The molecule has 10 heteroatoms. The molecule has 0 atom stereocenters. The van der Waals surface area contributed by atoms with Gasteiger partial charge in [0.2, 0.25) is 11.1 Å². The number of nitrogens with zero attached hydrogens (tertiary/aromatic N) is 4. The quantitative estimate of drug-likeness (QED) is 0.398. The highest BCUT2D eigenvalue weighted by molar-refractivity contribution is 9.11. The number of benzene rings is 1. The molecule has 6 nitrogen and oxygen atoms in total. The Balaban J connectivity index is 1.66. The van der Waals surface area contributed by atoms with Crippen LogP contribution in [0.2, 0.25) is 5.02 Å². The number of rotatable bonds is 7. The minimum atomic E-state index is 0.0225. The molecule has 0 saturated carbocycles. The number of amides is 1. The number of carbonyl (C=O) groups is 1. The van der Waals surface area contributed by atoms with Gasteiger partial charge in [-0.25, -0.2) is 4.68 Å². The summed E-state index contributed by atoms with van der Waals surface area (Å²) in [6.07, 6.45) is 0.